The zero-order chi connectivity index (χ0) is 25.5. The minimum absolute atomic E-state index is 0.0855. The molecular formula is C29H31N3O4. The number of nitrogens with one attached hydrogen (secondary N) is 2. The van der Waals surface area contributed by atoms with Crippen molar-refractivity contribution in [1.29, 1.82) is 0 Å². The van der Waals surface area contributed by atoms with E-state index in [1.54, 1.807) is 36.3 Å². The summed E-state index contributed by atoms with van der Waals surface area (Å²) in [6.07, 6.45) is 2.69. The maximum absolute atomic E-state index is 13.0. The molecule has 0 aliphatic carbocycles. The molecular weight excluding hydrogens is 454 g/mol. The second-order valence-electron chi connectivity index (χ2n) is 8.88. The number of H-pyrrole nitrogens is 1. The van der Waals surface area contributed by atoms with Gasteiger partial charge in [-0.2, -0.15) is 0 Å². The monoisotopic (exact) mass is 485 g/mol. The Morgan fingerprint density at radius 1 is 1.00 bits per heavy atom. The highest BCUT2D eigenvalue weighted by molar-refractivity contribution is 5.83. The summed E-state index contributed by atoms with van der Waals surface area (Å²) in [5, 5.41) is 13.8. The van der Waals surface area contributed by atoms with E-state index < -0.39 is 0 Å². The summed E-state index contributed by atoms with van der Waals surface area (Å²) < 4.78 is 5.47. The highest BCUT2D eigenvalue weighted by Gasteiger charge is 2.22. The van der Waals surface area contributed by atoms with Crippen LogP contribution in [0.1, 0.15) is 23.6 Å². The number of phenolic OH excluding ortho intramolecular Hbond substituents is 1. The number of benzene rings is 3. The fourth-order valence-electron chi connectivity index (χ4n) is 4.41. The largest absolute Gasteiger partial charge is 0.508 e. The van der Waals surface area contributed by atoms with Gasteiger partial charge in [0, 0.05) is 42.7 Å². The lowest BCUT2D eigenvalue weighted by atomic mass is 10.0. The molecule has 0 saturated heterocycles. The molecule has 0 saturated carbocycles. The van der Waals surface area contributed by atoms with E-state index in [0.29, 0.717) is 25.3 Å². The van der Waals surface area contributed by atoms with Gasteiger partial charge in [0.05, 0.1) is 19.6 Å². The topological polar surface area (TPSA) is 94.7 Å². The van der Waals surface area contributed by atoms with E-state index in [9.17, 15) is 14.7 Å². The molecule has 0 bridgehead atoms. The minimum atomic E-state index is -0.313. The number of hydrogen-bond acceptors (Lipinski definition) is 4. The van der Waals surface area contributed by atoms with Gasteiger partial charge in [0.25, 0.3) is 0 Å². The van der Waals surface area contributed by atoms with E-state index >= 15 is 0 Å². The predicted molar refractivity (Wildman–Crippen MR) is 140 cm³/mol. The van der Waals surface area contributed by atoms with Gasteiger partial charge < -0.3 is 25.0 Å². The minimum Gasteiger partial charge on any atom is -0.508 e. The standard InChI is InChI=1S/C29H31N3O4/c1-20(33)32(18-22-7-3-6-10-28(22)36-2)19-24(16-23-17-30-27-9-5-4-8-26(23)27)31-29(35)15-21-11-13-25(34)14-12-21/h3-14,17,24,30,34H,15-16,18-19H2,1-2H3,(H,31,35). The maximum Gasteiger partial charge on any atom is 0.224 e. The van der Waals surface area contributed by atoms with Crippen molar-refractivity contribution in [3.05, 3.63) is 95.7 Å². The molecule has 0 spiro atoms. The zero-order valence-electron chi connectivity index (χ0n) is 20.5. The Bertz CT molecular complexity index is 1330. The summed E-state index contributed by atoms with van der Waals surface area (Å²) in [4.78, 5) is 30.7. The van der Waals surface area contributed by atoms with Gasteiger partial charge in [-0.1, -0.05) is 48.5 Å². The number of nitrogens with zero attached hydrogens (tertiary/aromatic N) is 1. The zero-order valence-corrected chi connectivity index (χ0v) is 20.5. The van der Waals surface area contributed by atoms with E-state index in [-0.39, 0.29) is 30.0 Å². The molecule has 2 amide bonds. The maximum atomic E-state index is 13.0. The smallest absolute Gasteiger partial charge is 0.224 e. The lowest BCUT2D eigenvalue weighted by molar-refractivity contribution is -0.130. The van der Waals surface area contributed by atoms with Gasteiger partial charge in [-0.05, 0) is 41.8 Å². The fraction of sp³-hybridized carbons (Fsp3) is 0.241. The van der Waals surface area contributed by atoms with Gasteiger partial charge in [-0.3, -0.25) is 9.59 Å². The summed E-state index contributed by atoms with van der Waals surface area (Å²) in [6.45, 7) is 2.25. The first-order valence-electron chi connectivity index (χ1n) is 11.9. The van der Waals surface area contributed by atoms with Gasteiger partial charge >= 0.3 is 0 Å². The lowest BCUT2D eigenvalue weighted by Gasteiger charge is -2.28. The number of ether oxygens (including phenoxy) is 1. The van der Waals surface area contributed by atoms with Gasteiger partial charge in [-0.25, -0.2) is 0 Å². The van der Waals surface area contributed by atoms with E-state index in [2.05, 4.69) is 10.3 Å². The third-order valence-electron chi connectivity index (χ3n) is 6.25. The normalized spacial score (nSPS) is 11.7. The Labute approximate surface area is 210 Å². The number of methoxy groups -OCH3 is 1. The number of fused-ring (bicyclic) bond motifs is 1. The average Bonchev–Trinajstić information content (AvgIpc) is 3.28. The Morgan fingerprint density at radius 2 is 1.72 bits per heavy atom. The molecule has 1 aromatic heterocycles. The fourth-order valence-corrected chi connectivity index (χ4v) is 4.41. The number of rotatable bonds is 10. The molecule has 1 heterocycles. The molecule has 4 aromatic rings. The number of aromatic nitrogens is 1. The number of carbonyl (C=O) groups excluding carboxylic acids is 2. The number of aromatic hydroxyl groups is 1. The van der Waals surface area contributed by atoms with Gasteiger partial charge in [0.15, 0.2) is 0 Å². The summed E-state index contributed by atoms with van der Waals surface area (Å²) >= 11 is 0. The molecule has 0 aliphatic heterocycles. The molecule has 36 heavy (non-hydrogen) atoms. The van der Waals surface area contributed by atoms with Crippen molar-refractivity contribution in [3.8, 4) is 11.5 Å². The van der Waals surface area contributed by atoms with E-state index in [1.165, 1.54) is 6.92 Å². The molecule has 0 radical (unpaired) electrons. The van der Waals surface area contributed by atoms with Crippen LogP contribution in [0.3, 0.4) is 0 Å². The van der Waals surface area contributed by atoms with Crippen LogP contribution in [0.5, 0.6) is 11.5 Å². The molecule has 0 aliphatic rings. The highest BCUT2D eigenvalue weighted by atomic mass is 16.5. The summed E-state index contributed by atoms with van der Waals surface area (Å²) in [7, 11) is 1.61. The number of phenols is 1. The first kappa shape index (κ1) is 24.9. The number of para-hydroxylation sites is 2. The molecule has 7 heteroatoms. The van der Waals surface area contributed by atoms with Gasteiger partial charge in [0.2, 0.25) is 11.8 Å². The van der Waals surface area contributed by atoms with Crippen molar-refractivity contribution in [2.75, 3.05) is 13.7 Å². The average molecular weight is 486 g/mol. The van der Waals surface area contributed by atoms with Crippen LogP contribution in [0, 0.1) is 0 Å². The Hall–Kier alpha value is -4.26. The number of hydrogen-bond donors (Lipinski definition) is 3. The van der Waals surface area contributed by atoms with Crippen LogP contribution in [0.2, 0.25) is 0 Å². The molecule has 1 atom stereocenters. The Morgan fingerprint density at radius 3 is 2.47 bits per heavy atom. The first-order chi connectivity index (χ1) is 17.4. The van der Waals surface area contributed by atoms with Crippen LogP contribution in [0.25, 0.3) is 10.9 Å². The molecule has 186 valence electrons. The predicted octanol–water partition coefficient (Wildman–Crippen LogP) is 4.20. The first-order valence-corrected chi connectivity index (χ1v) is 11.9. The van der Waals surface area contributed by atoms with Crippen molar-refractivity contribution in [2.24, 2.45) is 0 Å². The summed E-state index contributed by atoms with van der Waals surface area (Å²) in [5.74, 6) is 0.641. The van der Waals surface area contributed by atoms with Crippen molar-refractivity contribution < 1.29 is 19.4 Å². The van der Waals surface area contributed by atoms with Crippen LogP contribution in [0.4, 0.5) is 0 Å². The number of aromatic amines is 1. The molecule has 0 fully saturated rings. The van der Waals surface area contributed by atoms with E-state index in [0.717, 1.165) is 27.6 Å². The molecule has 1 unspecified atom stereocenters. The quantitative estimate of drug-likeness (QED) is 0.314. The SMILES string of the molecule is COc1ccccc1CN(CC(Cc1c[nH]c2ccccc12)NC(=O)Cc1ccc(O)cc1)C(C)=O. The Kier molecular flexibility index (Phi) is 7.90. The van der Waals surface area contributed by atoms with Crippen LogP contribution in [-0.4, -0.2) is 46.5 Å². The third kappa shape index (κ3) is 6.24. The van der Waals surface area contributed by atoms with Crippen molar-refractivity contribution in [1.82, 2.24) is 15.2 Å². The second-order valence-corrected chi connectivity index (χ2v) is 8.88. The molecule has 3 aromatic carbocycles. The van der Waals surface area contributed by atoms with E-state index in [4.69, 9.17) is 4.74 Å². The van der Waals surface area contributed by atoms with Gasteiger partial charge in [-0.15, -0.1) is 0 Å². The molecule has 7 nitrogen and oxygen atoms in total. The van der Waals surface area contributed by atoms with Crippen LogP contribution in [0.15, 0.2) is 79.0 Å². The summed E-state index contributed by atoms with van der Waals surface area (Å²) in [5.41, 5.74) is 3.80. The Balaban J connectivity index is 1.56. The molecule has 4 rings (SSSR count). The summed E-state index contributed by atoms with van der Waals surface area (Å²) in [6, 6.07) is 21.9. The highest BCUT2D eigenvalue weighted by Crippen LogP contribution is 2.22. The second kappa shape index (κ2) is 11.4. The van der Waals surface area contributed by atoms with E-state index in [1.807, 2.05) is 54.7 Å². The van der Waals surface area contributed by atoms with Crippen LogP contribution >= 0.6 is 0 Å². The lowest BCUT2D eigenvalue weighted by Crippen LogP contribution is -2.46. The molecule has 3 N–H and O–H groups in total. The van der Waals surface area contributed by atoms with Gasteiger partial charge in [0.1, 0.15) is 11.5 Å². The van der Waals surface area contributed by atoms with Crippen molar-refractivity contribution in [3.63, 3.8) is 0 Å². The van der Waals surface area contributed by atoms with Crippen LogP contribution < -0.4 is 10.1 Å². The number of carbonyl (C=O) groups is 2. The third-order valence-corrected chi connectivity index (χ3v) is 6.25. The number of amides is 2. The van der Waals surface area contributed by atoms with Crippen LogP contribution in [-0.2, 0) is 29.0 Å². The van der Waals surface area contributed by atoms with Crippen molar-refractivity contribution in [2.45, 2.75) is 32.4 Å². The van der Waals surface area contributed by atoms with Crippen molar-refractivity contribution >= 4 is 22.7 Å².